The fourth-order valence-electron chi connectivity index (χ4n) is 1.66. The highest BCUT2D eigenvalue weighted by Crippen LogP contribution is 2.24. The predicted octanol–water partition coefficient (Wildman–Crippen LogP) is 4.21. The molecule has 0 aliphatic rings. The maximum atomic E-state index is 9.41. The molecule has 94 valence electrons. The number of nitrogens with one attached hydrogen (secondary N) is 1. The van der Waals surface area contributed by atoms with Crippen LogP contribution in [0.1, 0.15) is 11.1 Å². The van der Waals surface area contributed by atoms with Gasteiger partial charge in [-0.2, -0.15) is 0 Å². The van der Waals surface area contributed by atoms with E-state index in [-0.39, 0.29) is 5.75 Å². The van der Waals surface area contributed by atoms with Crippen LogP contribution in [-0.4, -0.2) is 5.11 Å². The lowest BCUT2D eigenvalue weighted by Crippen LogP contribution is -2.12. The number of phenolic OH excluding ortho intramolecular Hbond substituents is 1. The van der Waals surface area contributed by atoms with Gasteiger partial charge < -0.3 is 10.4 Å². The first-order valence-electron chi connectivity index (χ1n) is 5.58. The molecular weight excluding hydrogens is 358 g/mol. The van der Waals surface area contributed by atoms with Crippen molar-refractivity contribution in [2.24, 2.45) is 0 Å². The van der Waals surface area contributed by atoms with Gasteiger partial charge in [-0.1, -0.05) is 34.1 Å². The van der Waals surface area contributed by atoms with E-state index in [1.807, 2.05) is 24.3 Å². The van der Waals surface area contributed by atoms with Gasteiger partial charge in [0.25, 0.3) is 0 Å². The van der Waals surface area contributed by atoms with Crippen molar-refractivity contribution in [2.45, 2.75) is 13.1 Å². The van der Waals surface area contributed by atoms with Gasteiger partial charge in [0.15, 0.2) is 0 Å². The highest BCUT2D eigenvalue weighted by atomic mass is 79.9. The molecule has 0 bridgehead atoms. The molecule has 2 rings (SSSR count). The lowest BCUT2D eigenvalue weighted by Gasteiger charge is -2.06. The third kappa shape index (κ3) is 3.83. The van der Waals surface area contributed by atoms with Crippen LogP contribution in [-0.2, 0) is 13.1 Å². The summed E-state index contributed by atoms with van der Waals surface area (Å²) in [6.07, 6.45) is 0. The Kier molecular flexibility index (Phi) is 4.80. The molecule has 0 radical (unpaired) electrons. The number of halogens is 2. The summed E-state index contributed by atoms with van der Waals surface area (Å²) in [5.74, 6) is 0.269. The second-order valence-electron chi connectivity index (χ2n) is 4.02. The third-order valence-corrected chi connectivity index (χ3v) is 3.69. The molecule has 0 spiro atoms. The van der Waals surface area contributed by atoms with Gasteiger partial charge in [0.2, 0.25) is 0 Å². The molecule has 2 N–H and O–H groups in total. The molecule has 0 aliphatic carbocycles. The van der Waals surface area contributed by atoms with Gasteiger partial charge in [-0.05, 0) is 51.3 Å². The van der Waals surface area contributed by atoms with Crippen molar-refractivity contribution in [1.82, 2.24) is 5.32 Å². The van der Waals surface area contributed by atoms with Crippen LogP contribution in [0.4, 0.5) is 0 Å². The summed E-state index contributed by atoms with van der Waals surface area (Å²) >= 11 is 6.76. The highest BCUT2D eigenvalue weighted by Gasteiger charge is 1.99. The molecule has 2 aromatic carbocycles. The summed E-state index contributed by atoms with van der Waals surface area (Å²) in [5, 5.41) is 12.8. The van der Waals surface area contributed by atoms with E-state index in [2.05, 4.69) is 49.3 Å². The average Bonchev–Trinajstić information content (AvgIpc) is 2.34. The van der Waals surface area contributed by atoms with E-state index in [1.165, 1.54) is 5.56 Å². The normalized spacial score (nSPS) is 10.6. The van der Waals surface area contributed by atoms with Crippen molar-refractivity contribution >= 4 is 31.9 Å². The highest BCUT2D eigenvalue weighted by molar-refractivity contribution is 9.10. The van der Waals surface area contributed by atoms with Crippen molar-refractivity contribution in [2.75, 3.05) is 0 Å². The van der Waals surface area contributed by atoms with Gasteiger partial charge in [0.05, 0.1) is 4.47 Å². The number of aromatic hydroxyl groups is 1. The lowest BCUT2D eigenvalue weighted by atomic mass is 10.2. The van der Waals surface area contributed by atoms with E-state index in [0.717, 1.165) is 27.6 Å². The van der Waals surface area contributed by atoms with E-state index < -0.39 is 0 Å². The summed E-state index contributed by atoms with van der Waals surface area (Å²) in [4.78, 5) is 0. The monoisotopic (exact) mass is 369 g/mol. The van der Waals surface area contributed by atoms with Gasteiger partial charge in [-0.3, -0.25) is 0 Å². The Bertz CT molecular complexity index is 543. The Morgan fingerprint density at radius 1 is 0.944 bits per heavy atom. The molecule has 0 fully saturated rings. The van der Waals surface area contributed by atoms with Crippen LogP contribution in [0.3, 0.4) is 0 Å². The molecule has 0 aromatic heterocycles. The molecule has 0 amide bonds. The Labute approximate surface area is 123 Å². The van der Waals surface area contributed by atoms with Crippen LogP contribution in [0, 0.1) is 0 Å². The topological polar surface area (TPSA) is 32.3 Å². The second-order valence-corrected chi connectivity index (χ2v) is 5.79. The van der Waals surface area contributed by atoms with Crippen LogP contribution in [0.5, 0.6) is 5.75 Å². The standard InChI is InChI=1S/C14H13Br2NO/c15-12-3-1-2-10(6-12)8-17-9-11-4-5-14(18)13(16)7-11/h1-7,17-18H,8-9H2. The fourth-order valence-corrected chi connectivity index (χ4v) is 2.53. The van der Waals surface area contributed by atoms with Gasteiger partial charge in [-0.25, -0.2) is 0 Å². The molecule has 0 aliphatic heterocycles. The Morgan fingerprint density at radius 3 is 2.33 bits per heavy atom. The average molecular weight is 371 g/mol. The lowest BCUT2D eigenvalue weighted by molar-refractivity contribution is 0.471. The zero-order valence-corrected chi connectivity index (χ0v) is 12.8. The second kappa shape index (κ2) is 6.36. The first kappa shape index (κ1) is 13.6. The number of phenols is 1. The minimum atomic E-state index is 0.269. The van der Waals surface area contributed by atoms with E-state index in [1.54, 1.807) is 6.07 Å². The van der Waals surface area contributed by atoms with E-state index in [9.17, 15) is 5.11 Å². The minimum Gasteiger partial charge on any atom is -0.507 e. The van der Waals surface area contributed by atoms with Crippen molar-refractivity contribution in [3.05, 3.63) is 62.5 Å². The molecule has 4 heteroatoms. The Morgan fingerprint density at radius 2 is 1.67 bits per heavy atom. The molecule has 0 unspecified atom stereocenters. The number of hydrogen-bond donors (Lipinski definition) is 2. The first-order chi connectivity index (χ1) is 8.65. The summed E-state index contributed by atoms with van der Waals surface area (Å²) < 4.78 is 1.82. The molecular formula is C14H13Br2NO. The van der Waals surface area contributed by atoms with E-state index >= 15 is 0 Å². The van der Waals surface area contributed by atoms with Crippen LogP contribution in [0.15, 0.2) is 51.4 Å². The zero-order chi connectivity index (χ0) is 13.0. The quantitative estimate of drug-likeness (QED) is 0.844. The Hall–Kier alpha value is -0.840. The summed E-state index contributed by atoms with van der Waals surface area (Å²) in [6, 6.07) is 13.8. The van der Waals surface area contributed by atoms with Gasteiger partial charge in [0, 0.05) is 17.6 Å². The van der Waals surface area contributed by atoms with Crippen LogP contribution in [0.2, 0.25) is 0 Å². The number of benzene rings is 2. The van der Waals surface area contributed by atoms with E-state index in [4.69, 9.17) is 0 Å². The maximum absolute atomic E-state index is 9.41. The van der Waals surface area contributed by atoms with Crippen LogP contribution >= 0.6 is 31.9 Å². The molecule has 2 nitrogen and oxygen atoms in total. The van der Waals surface area contributed by atoms with Crippen molar-refractivity contribution in [1.29, 1.82) is 0 Å². The van der Waals surface area contributed by atoms with Gasteiger partial charge in [-0.15, -0.1) is 0 Å². The smallest absolute Gasteiger partial charge is 0.129 e. The van der Waals surface area contributed by atoms with Crippen LogP contribution in [0.25, 0.3) is 0 Å². The molecule has 18 heavy (non-hydrogen) atoms. The fraction of sp³-hybridized carbons (Fsp3) is 0.143. The minimum absolute atomic E-state index is 0.269. The summed E-state index contributed by atoms with van der Waals surface area (Å²) in [6.45, 7) is 1.59. The molecule has 0 saturated carbocycles. The van der Waals surface area contributed by atoms with Crippen LogP contribution < -0.4 is 5.32 Å². The Balaban J connectivity index is 1.90. The van der Waals surface area contributed by atoms with Gasteiger partial charge >= 0.3 is 0 Å². The first-order valence-corrected chi connectivity index (χ1v) is 7.16. The molecule has 0 heterocycles. The number of hydrogen-bond acceptors (Lipinski definition) is 2. The largest absolute Gasteiger partial charge is 0.507 e. The van der Waals surface area contributed by atoms with Crippen molar-refractivity contribution in [3.63, 3.8) is 0 Å². The van der Waals surface area contributed by atoms with Crippen molar-refractivity contribution in [3.8, 4) is 5.75 Å². The third-order valence-electron chi connectivity index (χ3n) is 2.56. The van der Waals surface area contributed by atoms with Crippen molar-refractivity contribution < 1.29 is 5.11 Å². The molecule has 0 saturated heterocycles. The zero-order valence-electron chi connectivity index (χ0n) is 9.66. The number of rotatable bonds is 4. The molecule has 0 atom stereocenters. The van der Waals surface area contributed by atoms with E-state index in [0.29, 0.717) is 0 Å². The SMILES string of the molecule is Oc1ccc(CNCc2cccc(Br)c2)cc1Br. The molecule has 2 aromatic rings. The van der Waals surface area contributed by atoms with Gasteiger partial charge in [0.1, 0.15) is 5.75 Å². The predicted molar refractivity (Wildman–Crippen MR) is 80.5 cm³/mol. The summed E-state index contributed by atoms with van der Waals surface area (Å²) in [5.41, 5.74) is 2.37. The summed E-state index contributed by atoms with van der Waals surface area (Å²) in [7, 11) is 0. The maximum Gasteiger partial charge on any atom is 0.129 e.